The summed E-state index contributed by atoms with van der Waals surface area (Å²) in [5.74, 6) is 0.0803. The average Bonchev–Trinajstić information content (AvgIpc) is 2.45. The van der Waals surface area contributed by atoms with Gasteiger partial charge in [-0.3, -0.25) is 4.98 Å². The Morgan fingerprint density at radius 2 is 1.48 bits per heavy atom. The lowest BCUT2D eigenvalue weighted by molar-refractivity contribution is 0.589. The highest BCUT2D eigenvalue weighted by atomic mass is 15.0. The van der Waals surface area contributed by atoms with Gasteiger partial charge >= 0.3 is 0 Å². The van der Waals surface area contributed by atoms with Crippen molar-refractivity contribution in [2.24, 2.45) is 16.5 Å². The molecule has 1 heterocycles. The number of aromatic nitrogens is 1. The Morgan fingerprint density at radius 3 is 1.95 bits per heavy atom. The van der Waals surface area contributed by atoms with Gasteiger partial charge in [-0.05, 0) is 34.2 Å². The number of aliphatic imine (C=N–C) groups is 1. The molecule has 0 aliphatic heterocycles. The van der Waals surface area contributed by atoms with Gasteiger partial charge in [-0.2, -0.15) is 0 Å². The summed E-state index contributed by atoms with van der Waals surface area (Å²) < 4.78 is 0. The molecule has 4 N–H and O–H groups in total. The Balaban J connectivity index is 2.41. The van der Waals surface area contributed by atoms with Crippen molar-refractivity contribution in [1.82, 2.24) is 4.98 Å². The monoisotopic (exact) mass is 282 g/mol. The van der Waals surface area contributed by atoms with E-state index in [1.807, 2.05) is 12.1 Å². The molecule has 0 aliphatic carbocycles. The largest absolute Gasteiger partial charge is 0.370 e. The minimum absolute atomic E-state index is 0.0803. The molecule has 0 amide bonds. The second-order valence-corrected chi connectivity index (χ2v) is 6.11. The fourth-order valence-electron chi connectivity index (χ4n) is 2.20. The van der Waals surface area contributed by atoms with Gasteiger partial charge in [0.2, 0.25) is 0 Å². The summed E-state index contributed by atoms with van der Waals surface area (Å²) in [5, 5.41) is 0. The molecule has 0 aliphatic rings. The van der Waals surface area contributed by atoms with Crippen LogP contribution in [0.4, 0.5) is 0 Å². The van der Waals surface area contributed by atoms with E-state index in [0.717, 1.165) is 11.1 Å². The van der Waals surface area contributed by atoms with E-state index < -0.39 is 0 Å². The molecule has 0 saturated carbocycles. The molecule has 21 heavy (non-hydrogen) atoms. The van der Waals surface area contributed by atoms with Crippen molar-refractivity contribution in [1.29, 1.82) is 0 Å². The first-order valence-electron chi connectivity index (χ1n) is 6.97. The molecule has 4 heteroatoms. The summed E-state index contributed by atoms with van der Waals surface area (Å²) in [6.07, 6.45) is 3.49. The van der Waals surface area contributed by atoms with Gasteiger partial charge in [0.25, 0.3) is 0 Å². The first-order chi connectivity index (χ1) is 9.88. The van der Waals surface area contributed by atoms with Gasteiger partial charge in [0.15, 0.2) is 5.96 Å². The van der Waals surface area contributed by atoms with E-state index in [2.05, 4.69) is 55.0 Å². The van der Waals surface area contributed by atoms with Crippen molar-refractivity contribution in [3.63, 3.8) is 0 Å². The third-order valence-corrected chi connectivity index (χ3v) is 3.39. The van der Waals surface area contributed by atoms with Crippen molar-refractivity contribution >= 4 is 5.96 Å². The smallest absolute Gasteiger partial charge is 0.186 e. The van der Waals surface area contributed by atoms with Crippen LogP contribution in [0.3, 0.4) is 0 Å². The summed E-state index contributed by atoms with van der Waals surface area (Å²) in [6, 6.07) is 12.1. The van der Waals surface area contributed by atoms with Crippen LogP contribution in [0, 0.1) is 0 Å². The molecule has 110 valence electrons. The van der Waals surface area contributed by atoms with Gasteiger partial charge < -0.3 is 11.5 Å². The van der Waals surface area contributed by atoms with Gasteiger partial charge in [0, 0.05) is 12.4 Å². The predicted octanol–water partition coefficient (Wildman–Crippen LogP) is 2.74. The van der Waals surface area contributed by atoms with Crippen molar-refractivity contribution in [2.45, 2.75) is 32.2 Å². The zero-order valence-electron chi connectivity index (χ0n) is 12.7. The second-order valence-electron chi connectivity index (χ2n) is 6.11. The highest BCUT2D eigenvalue weighted by Crippen LogP contribution is 2.28. The number of hydrogen-bond acceptors (Lipinski definition) is 2. The fraction of sp³-hybridized carbons (Fsp3) is 0.294. The van der Waals surface area contributed by atoms with Gasteiger partial charge in [0.05, 0.1) is 0 Å². The molecule has 0 radical (unpaired) electrons. The van der Waals surface area contributed by atoms with Gasteiger partial charge in [-0.15, -0.1) is 0 Å². The molecule has 2 aromatic rings. The first kappa shape index (κ1) is 15.0. The molecule has 0 bridgehead atoms. The highest BCUT2D eigenvalue weighted by molar-refractivity contribution is 5.76. The molecule has 1 atom stereocenters. The predicted molar refractivity (Wildman–Crippen MR) is 87.0 cm³/mol. The number of guanidine groups is 1. The lowest BCUT2D eigenvalue weighted by Gasteiger charge is -2.20. The maximum atomic E-state index is 5.58. The topological polar surface area (TPSA) is 77.3 Å². The van der Waals surface area contributed by atoms with E-state index in [0.29, 0.717) is 0 Å². The van der Waals surface area contributed by atoms with E-state index in [9.17, 15) is 0 Å². The van der Waals surface area contributed by atoms with Gasteiger partial charge in [-0.1, -0.05) is 45.0 Å². The van der Waals surface area contributed by atoms with Crippen LogP contribution in [0.15, 0.2) is 53.8 Å². The number of rotatable bonds is 3. The van der Waals surface area contributed by atoms with Crippen LogP contribution in [-0.4, -0.2) is 10.9 Å². The third-order valence-electron chi connectivity index (χ3n) is 3.39. The minimum atomic E-state index is -0.202. The molecule has 0 saturated heterocycles. The summed E-state index contributed by atoms with van der Waals surface area (Å²) >= 11 is 0. The van der Waals surface area contributed by atoms with Crippen LogP contribution in [0.25, 0.3) is 0 Å². The quantitative estimate of drug-likeness (QED) is 0.671. The van der Waals surface area contributed by atoms with E-state index in [4.69, 9.17) is 11.5 Å². The zero-order chi connectivity index (χ0) is 15.5. The van der Waals surface area contributed by atoms with E-state index in [-0.39, 0.29) is 17.4 Å². The average molecular weight is 282 g/mol. The molecule has 4 nitrogen and oxygen atoms in total. The first-order valence-corrected chi connectivity index (χ1v) is 6.97. The Bertz CT molecular complexity index is 605. The normalized spacial score (nSPS) is 12.7. The van der Waals surface area contributed by atoms with Crippen LogP contribution >= 0.6 is 0 Å². The molecule has 0 fully saturated rings. The third kappa shape index (κ3) is 3.81. The minimum Gasteiger partial charge on any atom is -0.370 e. The summed E-state index contributed by atoms with van der Waals surface area (Å²) in [4.78, 5) is 8.39. The number of hydrogen-bond donors (Lipinski definition) is 2. The molecule has 1 aromatic heterocycles. The molecule has 0 spiro atoms. The molecule has 2 rings (SSSR count). The maximum absolute atomic E-state index is 5.58. The summed E-state index contributed by atoms with van der Waals surface area (Å²) in [5.41, 5.74) is 14.6. The second kappa shape index (κ2) is 5.95. The lowest BCUT2D eigenvalue weighted by Crippen LogP contribution is -2.24. The number of nitrogens with zero attached hydrogens (tertiary/aromatic N) is 2. The van der Waals surface area contributed by atoms with E-state index in [1.165, 1.54) is 5.56 Å². The van der Waals surface area contributed by atoms with Crippen molar-refractivity contribution < 1.29 is 0 Å². The molecule has 1 aromatic carbocycles. The van der Waals surface area contributed by atoms with Crippen LogP contribution in [0.5, 0.6) is 0 Å². The van der Waals surface area contributed by atoms with E-state index in [1.54, 1.807) is 12.4 Å². The molecule has 1 unspecified atom stereocenters. The van der Waals surface area contributed by atoms with E-state index >= 15 is 0 Å². The Morgan fingerprint density at radius 1 is 0.952 bits per heavy atom. The van der Waals surface area contributed by atoms with Crippen LogP contribution in [-0.2, 0) is 5.41 Å². The lowest BCUT2D eigenvalue weighted by atomic mass is 9.86. The van der Waals surface area contributed by atoms with Crippen LogP contribution < -0.4 is 11.5 Å². The highest BCUT2D eigenvalue weighted by Gasteiger charge is 2.16. The van der Waals surface area contributed by atoms with Crippen LogP contribution in [0.1, 0.15) is 43.5 Å². The van der Waals surface area contributed by atoms with Gasteiger partial charge in [0.1, 0.15) is 6.04 Å². The maximum Gasteiger partial charge on any atom is 0.186 e. The Labute approximate surface area is 125 Å². The molecular weight excluding hydrogens is 260 g/mol. The SMILES string of the molecule is CC(C)(C)c1ccc(C(N=C(N)N)c2ccncc2)cc1. The Kier molecular flexibility index (Phi) is 4.26. The Hall–Kier alpha value is -2.36. The number of pyridine rings is 1. The van der Waals surface area contributed by atoms with Crippen molar-refractivity contribution in [3.8, 4) is 0 Å². The van der Waals surface area contributed by atoms with Crippen LogP contribution in [0.2, 0.25) is 0 Å². The van der Waals surface area contributed by atoms with Gasteiger partial charge in [-0.25, -0.2) is 4.99 Å². The fourth-order valence-corrected chi connectivity index (χ4v) is 2.20. The standard InChI is InChI=1S/C17H22N4/c1-17(2,3)14-6-4-12(5-7-14)15(21-16(18)19)13-8-10-20-11-9-13/h4-11,15H,1-3H3,(H4,18,19,21). The number of benzene rings is 1. The zero-order valence-corrected chi connectivity index (χ0v) is 12.7. The summed E-state index contributed by atoms with van der Waals surface area (Å²) in [7, 11) is 0. The molecular formula is C17H22N4. The van der Waals surface area contributed by atoms with Crippen molar-refractivity contribution in [3.05, 3.63) is 65.5 Å². The van der Waals surface area contributed by atoms with Crippen molar-refractivity contribution in [2.75, 3.05) is 0 Å². The summed E-state index contributed by atoms with van der Waals surface area (Å²) in [6.45, 7) is 6.58. The number of nitrogens with two attached hydrogens (primary N) is 2.